The van der Waals surface area contributed by atoms with Crippen LogP contribution in [0.15, 0.2) is 18.3 Å². The topological polar surface area (TPSA) is 138 Å². The lowest BCUT2D eigenvalue weighted by Crippen LogP contribution is -2.40. The summed E-state index contributed by atoms with van der Waals surface area (Å²) in [6.45, 7) is 1.80. The number of amides is 3. The van der Waals surface area contributed by atoms with Crippen molar-refractivity contribution in [2.45, 2.75) is 44.8 Å². The molecule has 0 aromatic carbocycles. The SMILES string of the molecule is COCCCc1cc(NC(=O)N2CCCc3cc(CN4CC[C@@H](OC)C4=O)c(C=O)nc32)ncc1C#N. The van der Waals surface area contributed by atoms with Crippen LogP contribution >= 0.6 is 0 Å². The number of methoxy groups -OCH3 is 2. The van der Waals surface area contributed by atoms with Crippen LogP contribution in [-0.2, 0) is 33.7 Å². The average molecular weight is 507 g/mol. The number of nitriles is 1. The maximum Gasteiger partial charge on any atom is 0.328 e. The summed E-state index contributed by atoms with van der Waals surface area (Å²) in [6.07, 6.45) is 5.03. The number of hydrogen-bond donors (Lipinski definition) is 1. The standard InChI is InChI=1S/C26H30N6O5/c1-36-10-4-6-17-12-23(28-14-20(17)13-27)30-26(35)32-8-3-5-18-11-19(21(16-33)29-24(18)32)15-31-9-7-22(37-2)25(31)34/h11-12,14,16,22H,3-10,15H2,1-2H3,(H,28,30,35)/t22-/m1/s1. The first-order valence-corrected chi connectivity index (χ1v) is 12.2. The van der Waals surface area contributed by atoms with Crippen LogP contribution in [0.3, 0.4) is 0 Å². The summed E-state index contributed by atoms with van der Waals surface area (Å²) in [6, 6.07) is 5.28. The number of carbonyl (C=O) groups excluding carboxylic acids is 3. The lowest BCUT2D eigenvalue weighted by Gasteiger charge is -2.29. The summed E-state index contributed by atoms with van der Waals surface area (Å²) in [7, 11) is 3.13. The Hall–Kier alpha value is -3.88. The molecule has 2 aliphatic rings. The van der Waals surface area contributed by atoms with Gasteiger partial charge in [-0.25, -0.2) is 14.8 Å². The predicted molar refractivity (Wildman–Crippen MR) is 134 cm³/mol. The molecule has 2 aliphatic heterocycles. The minimum Gasteiger partial charge on any atom is -0.385 e. The summed E-state index contributed by atoms with van der Waals surface area (Å²) >= 11 is 0. The first kappa shape index (κ1) is 26.2. The fourth-order valence-corrected chi connectivity index (χ4v) is 4.73. The fraction of sp³-hybridized carbons (Fsp3) is 0.462. The van der Waals surface area contributed by atoms with E-state index in [0.717, 1.165) is 24.0 Å². The van der Waals surface area contributed by atoms with Crippen molar-refractivity contribution in [1.29, 1.82) is 5.26 Å². The molecule has 11 nitrogen and oxygen atoms in total. The third kappa shape index (κ3) is 5.76. The van der Waals surface area contributed by atoms with Crippen molar-refractivity contribution >= 4 is 29.9 Å². The van der Waals surface area contributed by atoms with E-state index in [0.29, 0.717) is 68.0 Å². The Morgan fingerprint density at radius 2 is 2.14 bits per heavy atom. The molecule has 2 aromatic heterocycles. The molecule has 0 spiro atoms. The minimum atomic E-state index is -0.458. The molecule has 0 aliphatic carbocycles. The number of hydrogen-bond acceptors (Lipinski definition) is 8. The van der Waals surface area contributed by atoms with E-state index in [1.807, 2.05) is 6.07 Å². The fourth-order valence-electron chi connectivity index (χ4n) is 4.73. The molecule has 11 heteroatoms. The molecule has 1 atom stereocenters. The zero-order chi connectivity index (χ0) is 26.4. The van der Waals surface area contributed by atoms with Crippen LogP contribution in [0, 0.1) is 11.3 Å². The first-order chi connectivity index (χ1) is 18.0. The van der Waals surface area contributed by atoms with Gasteiger partial charge in [0.1, 0.15) is 29.5 Å². The molecule has 4 rings (SSSR count). The van der Waals surface area contributed by atoms with E-state index < -0.39 is 12.1 Å². The zero-order valence-corrected chi connectivity index (χ0v) is 21.0. The predicted octanol–water partition coefficient (Wildman–Crippen LogP) is 2.47. The number of aryl methyl sites for hydroxylation is 2. The second kappa shape index (κ2) is 11.9. The van der Waals surface area contributed by atoms with E-state index in [1.54, 1.807) is 18.1 Å². The number of aldehydes is 1. The number of fused-ring (bicyclic) bond motifs is 1. The second-order valence-corrected chi connectivity index (χ2v) is 9.03. The number of aromatic nitrogens is 2. The molecular formula is C26H30N6O5. The Labute approximate surface area is 215 Å². The largest absolute Gasteiger partial charge is 0.385 e. The van der Waals surface area contributed by atoms with Gasteiger partial charge in [0, 0.05) is 58.6 Å². The van der Waals surface area contributed by atoms with Crippen LogP contribution < -0.4 is 10.2 Å². The number of ether oxygens (including phenoxy) is 2. The van der Waals surface area contributed by atoms with Gasteiger partial charge >= 0.3 is 6.03 Å². The number of rotatable bonds is 9. The third-order valence-corrected chi connectivity index (χ3v) is 6.67. The van der Waals surface area contributed by atoms with Gasteiger partial charge < -0.3 is 14.4 Å². The molecule has 1 N–H and O–H groups in total. The zero-order valence-electron chi connectivity index (χ0n) is 21.0. The van der Waals surface area contributed by atoms with E-state index in [1.165, 1.54) is 18.2 Å². The monoisotopic (exact) mass is 506 g/mol. The van der Waals surface area contributed by atoms with Crippen molar-refractivity contribution in [2.24, 2.45) is 0 Å². The maximum atomic E-state index is 13.2. The maximum absolute atomic E-state index is 13.2. The molecule has 0 bridgehead atoms. The first-order valence-electron chi connectivity index (χ1n) is 12.2. The van der Waals surface area contributed by atoms with Crippen molar-refractivity contribution < 1.29 is 23.9 Å². The van der Waals surface area contributed by atoms with E-state index in [9.17, 15) is 19.6 Å². The summed E-state index contributed by atoms with van der Waals surface area (Å²) in [5.41, 5.74) is 2.92. The van der Waals surface area contributed by atoms with Gasteiger partial charge in [0.25, 0.3) is 5.91 Å². The van der Waals surface area contributed by atoms with Gasteiger partial charge in [0.2, 0.25) is 0 Å². The van der Waals surface area contributed by atoms with Crippen LogP contribution in [0.4, 0.5) is 16.4 Å². The van der Waals surface area contributed by atoms with Gasteiger partial charge in [-0.05, 0) is 48.9 Å². The van der Waals surface area contributed by atoms with Crippen LogP contribution in [0.5, 0.6) is 0 Å². The molecule has 0 radical (unpaired) electrons. The molecule has 1 saturated heterocycles. The van der Waals surface area contributed by atoms with Gasteiger partial charge in [0.15, 0.2) is 6.29 Å². The Bertz CT molecular complexity index is 1230. The highest BCUT2D eigenvalue weighted by Gasteiger charge is 2.33. The Balaban J connectivity index is 1.53. The molecule has 0 saturated carbocycles. The third-order valence-electron chi connectivity index (χ3n) is 6.67. The number of nitrogens with one attached hydrogen (secondary N) is 1. The Morgan fingerprint density at radius 1 is 1.30 bits per heavy atom. The number of anilines is 2. The molecular weight excluding hydrogens is 476 g/mol. The number of likely N-dealkylation sites (tertiary alicyclic amines) is 1. The van der Waals surface area contributed by atoms with E-state index in [-0.39, 0.29) is 18.1 Å². The minimum absolute atomic E-state index is 0.102. The normalized spacial score (nSPS) is 16.9. The number of carbonyl (C=O) groups is 3. The van der Waals surface area contributed by atoms with Crippen LogP contribution in [0.2, 0.25) is 0 Å². The van der Waals surface area contributed by atoms with Gasteiger partial charge in [-0.3, -0.25) is 19.8 Å². The van der Waals surface area contributed by atoms with Crippen LogP contribution in [0.1, 0.15) is 52.0 Å². The quantitative estimate of drug-likeness (QED) is 0.404. The van der Waals surface area contributed by atoms with Crippen LogP contribution in [0.25, 0.3) is 0 Å². The molecule has 37 heavy (non-hydrogen) atoms. The van der Waals surface area contributed by atoms with Crippen LogP contribution in [-0.4, -0.2) is 73.1 Å². The van der Waals surface area contributed by atoms with Gasteiger partial charge in [-0.15, -0.1) is 0 Å². The summed E-state index contributed by atoms with van der Waals surface area (Å²) in [5, 5.41) is 12.2. The highest BCUT2D eigenvalue weighted by molar-refractivity contribution is 6.01. The lowest BCUT2D eigenvalue weighted by molar-refractivity contribution is -0.136. The van der Waals surface area contributed by atoms with Gasteiger partial charge in [-0.1, -0.05) is 0 Å². The number of urea groups is 1. The highest BCUT2D eigenvalue weighted by Crippen LogP contribution is 2.29. The van der Waals surface area contributed by atoms with Crippen molar-refractivity contribution in [3.8, 4) is 6.07 Å². The number of nitrogens with zero attached hydrogens (tertiary/aromatic N) is 5. The molecule has 1 fully saturated rings. The van der Waals surface area contributed by atoms with Crippen molar-refractivity contribution in [1.82, 2.24) is 14.9 Å². The summed E-state index contributed by atoms with van der Waals surface area (Å²) < 4.78 is 10.3. The van der Waals surface area contributed by atoms with E-state index in [4.69, 9.17) is 9.47 Å². The molecule has 194 valence electrons. The second-order valence-electron chi connectivity index (χ2n) is 9.03. The highest BCUT2D eigenvalue weighted by atomic mass is 16.5. The van der Waals surface area contributed by atoms with E-state index >= 15 is 0 Å². The summed E-state index contributed by atoms with van der Waals surface area (Å²) in [5.74, 6) is 0.650. The molecule has 4 heterocycles. The Morgan fingerprint density at radius 3 is 2.84 bits per heavy atom. The van der Waals surface area contributed by atoms with Crippen molar-refractivity contribution in [3.63, 3.8) is 0 Å². The molecule has 2 aromatic rings. The molecule has 3 amide bonds. The molecule has 0 unspecified atom stereocenters. The van der Waals surface area contributed by atoms with Gasteiger partial charge in [0.05, 0.1) is 5.56 Å². The lowest BCUT2D eigenvalue weighted by atomic mass is 10.0. The Kier molecular flexibility index (Phi) is 8.43. The smallest absolute Gasteiger partial charge is 0.328 e. The average Bonchev–Trinajstić information content (AvgIpc) is 3.26. The van der Waals surface area contributed by atoms with E-state index in [2.05, 4.69) is 21.4 Å². The van der Waals surface area contributed by atoms with Crippen molar-refractivity contribution in [2.75, 3.05) is 44.1 Å². The summed E-state index contributed by atoms with van der Waals surface area (Å²) in [4.78, 5) is 49.5. The van der Waals surface area contributed by atoms with Crippen molar-refractivity contribution in [3.05, 3.63) is 46.3 Å². The van der Waals surface area contributed by atoms with Gasteiger partial charge in [-0.2, -0.15) is 5.26 Å². The number of pyridine rings is 2.